The van der Waals surface area contributed by atoms with Gasteiger partial charge in [-0.2, -0.15) is 0 Å². The smallest absolute Gasteiger partial charge is 0.248 e. The van der Waals surface area contributed by atoms with Crippen LogP contribution in [0.5, 0.6) is 11.5 Å². The summed E-state index contributed by atoms with van der Waals surface area (Å²) >= 11 is 0. The zero-order valence-corrected chi connectivity index (χ0v) is 17.6. The lowest BCUT2D eigenvalue weighted by molar-refractivity contribution is -0.134. The molecular formula is C23H28N2O5. The summed E-state index contributed by atoms with van der Waals surface area (Å²) in [5, 5.41) is 3.02. The van der Waals surface area contributed by atoms with Gasteiger partial charge in [0, 0.05) is 44.3 Å². The Kier molecular flexibility index (Phi) is 7.30. The average Bonchev–Trinajstić information content (AvgIpc) is 3.23. The number of carbonyl (C=O) groups excluding carboxylic acids is 2. The average molecular weight is 412 g/mol. The highest BCUT2D eigenvalue weighted by molar-refractivity contribution is 5.84. The predicted octanol–water partition coefficient (Wildman–Crippen LogP) is 2.21. The summed E-state index contributed by atoms with van der Waals surface area (Å²) in [4.78, 5) is 27.2. The van der Waals surface area contributed by atoms with Crippen molar-refractivity contribution < 1.29 is 23.8 Å². The third-order valence-electron chi connectivity index (χ3n) is 5.43. The normalized spacial score (nSPS) is 18.2. The van der Waals surface area contributed by atoms with E-state index in [1.54, 1.807) is 25.2 Å². The lowest BCUT2D eigenvalue weighted by Crippen LogP contribution is -2.36. The number of rotatable bonds is 8. The molecule has 30 heavy (non-hydrogen) atoms. The fourth-order valence-corrected chi connectivity index (χ4v) is 3.84. The molecule has 1 saturated heterocycles. The minimum absolute atomic E-state index is 0.00911. The highest BCUT2D eigenvalue weighted by Gasteiger charge is 2.41. The Hall–Kier alpha value is -3.06. The fourth-order valence-electron chi connectivity index (χ4n) is 3.84. The number of methoxy groups -OCH3 is 3. The van der Waals surface area contributed by atoms with E-state index in [1.807, 2.05) is 42.5 Å². The van der Waals surface area contributed by atoms with E-state index in [0.717, 1.165) is 11.1 Å². The lowest BCUT2D eigenvalue weighted by Gasteiger charge is -2.21. The third-order valence-corrected chi connectivity index (χ3v) is 5.43. The van der Waals surface area contributed by atoms with E-state index >= 15 is 0 Å². The predicted molar refractivity (Wildman–Crippen MR) is 113 cm³/mol. The molecule has 0 bridgehead atoms. The van der Waals surface area contributed by atoms with E-state index in [4.69, 9.17) is 14.2 Å². The Morgan fingerprint density at radius 2 is 1.80 bits per heavy atom. The van der Waals surface area contributed by atoms with E-state index in [2.05, 4.69) is 5.32 Å². The number of likely N-dealkylation sites (tertiary alicyclic amines) is 1. The summed E-state index contributed by atoms with van der Waals surface area (Å²) in [5.74, 6) is 0.509. The zero-order valence-electron chi connectivity index (χ0n) is 17.6. The van der Waals surface area contributed by atoms with Crippen LogP contribution in [0.1, 0.15) is 17.0 Å². The van der Waals surface area contributed by atoms with Crippen LogP contribution in [-0.4, -0.2) is 57.7 Å². The largest absolute Gasteiger partial charge is 0.497 e. The molecule has 1 aliphatic rings. The van der Waals surface area contributed by atoms with Crippen molar-refractivity contribution in [3.63, 3.8) is 0 Å². The molecule has 0 spiro atoms. The first-order valence-corrected chi connectivity index (χ1v) is 9.87. The van der Waals surface area contributed by atoms with Gasteiger partial charge < -0.3 is 24.4 Å². The van der Waals surface area contributed by atoms with Crippen molar-refractivity contribution in [1.29, 1.82) is 0 Å². The molecule has 3 rings (SSSR count). The van der Waals surface area contributed by atoms with Gasteiger partial charge in [0.2, 0.25) is 11.8 Å². The summed E-state index contributed by atoms with van der Waals surface area (Å²) in [6, 6.07) is 15.3. The van der Waals surface area contributed by atoms with Crippen LogP contribution in [0.2, 0.25) is 0 Å². The maximum atomic E-state index is 13.1. The molecule has 7 nitrogen and oxygen atoms in total. The van der Waals surface area contributed by atoms with Crippen LogP contribution >= 0.6 is 0 Å². The van der Waals surface area contributed by atoms with Crippen molar-refractivity contribution in [3.05, 3.63) is 59.7 Å². The molecule has 2 amide bonds. The fraction of sp³-hybridized carbons (Fsp3) is 0.391. The van der Waals surface area contributed by atoms with E-state index in [-0.39, 0.29) is 24.3 Å². The van der Waals surface area contributed by atoms with Crippen molar-refractivity contribution in [3.8, 4) is 11.5 Å². The molecule has 0 aromatic heterocycles. The quantitative estimate of drug-likeness (QED) is 0.719. The second-order valence-electron chi connectivity index (χ2n) is 7.26. The minimum Gasteiger partial charge on any atom is -0.497 e. The van der Waals surface area contributed by atoms with Gasteiger partial charge in [-0.05, 0) is 11.6 Å². The Labute approximate surface area is 176 Å². The van der Waals surface area contributed by atoms with Crippen LogP contribution in [0.4, 0.5) is 0 Å². The third kappa shape index (κ3) is 4.91. The van der Waals surface area contributed by atoms with Gasteiger partial charge in [-0.25, -0.2) is 0 Å². The second kappa shape index (κ2) is 10.1. The molecule has 0 radical (unpaired) electrons. The first kappa shape index (κ1) is 21.6. The molecule has 1 fully saturated rings. The van der Waals surface area contributed by atoms with E-state index in [0.29, 0.717) is 31.1 Å². The molecule has 2 atom stereocenters. The van der Waals surface area contributed by atoms with Crippen molar-refractivity contribution in [2.45, 2.75) is 12.5 Å². The van der Waals surface area contributed by atoms with E-state index in [1.165, 1.54) is 7.11 Å². The Morgan fingerprint density at radius 1 is 1.03 bits per heavy atom. The summed E-state index contributed by atoms with van der Waals surface area (Å²) in [5.41, 5.74) is 1.90. The van der Waals surface area contributed by atoms with Gasteiger partial charge >= 0.3 is 0 Å². The number of carbonyl (C=O) groups is 2. The van der Waals surface area contributed by atoms with Crippen LogP contribution in [0.25, 0.3) is 0 Å². The van der Waals surface area contributed by atoms with Crippen LogP contribution in [0.3, 0.4) is 0 Å². The number of hydrogen-bond donors (Lipinski definition) is 1. The van der Waals surface area contributed by atoms with Gasteiger partial charge in [0.25, 0.3) is 0 Å². The highest BCUT2D eigenvalue weighted by Crippen LogP contribution is 2.39. The van der Waals surface area contributed by atoms with Crippen LogP contribution in [-0.2, 0) is 20.9 Å². The molecule has 160 valence electrons. The maximum Gasteiger partial charge on any atom is 0.248 e. The molecule has 2 aromatic rings. The summed E-state index contributed by atoms with van der Waals surface area (Å²) in [6.07, 6.45) is 0. The van der Waals surface area contributed by atoms with Gasteiger partial charge in [-0.15, -0.1) is 0 Å². The van der Waals surface area contributed by atoms with Gasteiger partial charge in [-0.3, -0.25) is 9.59 Å². The Balaban J connectivity index is 1.83. The van der Waals surface area contributed by atoms with Gasteiger partial charge in [-0.1, -0.05) is 36.4 Å². The van der Waals surface area contributed by atoms with E-state index in [9.17, 15) is 9.59 Å². The summed E-state index contributed by atoms with van der Waals surface area (Å²) in [7, 11) is 4.67. The molecule has 2 aromatic carbocycles. The van der Waals surface area contributed by atoms with Gasteiger partial charge in [0.05, 0.1) is 20.1 Å². The van der Waals surface area contributed by atoms with Gasteiger partial charge in [0.15, 0.2) is 0 Å². The Bertz CT molecular complexity index is 871. The zero-order chi connectivity index (χ0) is 21.5. The maximum absolute atomic E-state index is 13.1. The van der Waals surface area contributed by atoms with E-state index < -0.39 is 5.92 Å². The van der Waals surface area contributed by atoms with Crippen molar-refractivity contribution in [2.24, 2.45) is 5.92 Å². The molecule has 1 heterocycles. The summed E-state index contributed by atoms with van der Waals surface area (Å²) in [6.45, 7) is 1.19. The number of amides is 2. The number of nitrogens with zero attached hydrogens (tertiary/aromatic N) is 1. The number of hydrogen-bond acceptors (Lipinski definition) is 5. The highest BCUT2D eigenvalue weighted by atomic mass is 16.5. The standard InChI is InChI=1S/C23H28N2O5/c1-28-15-22(26)25-13-19(18-10-9-17(29-2)11-21(18)30-3)20(14-25)23(27)24-12-16-7-5-4-6-8-16/h4-11,19-20H,12-15H2,1-3H3,(H,24,27)/t19-,20-/m0/s1. The van der Waals surface area contributed by atoms with Crippen molar-refractivity contribution in [1.82, 2.24) is 10.2 Å². The molecule has 1 aliphatic heterocycles. The molecule has 0 aliphatic carbocycles. The monoisotopic (exact) mass is 412 g/mol. The Morgan fingerprint density at radius 3 is 2.47 bits per heavy atom. The first-order valence-electron chi connectivity index (χ1n) is 9.87. The summed E-state index contributed by atoms with van der Waals surface area (Å²) < 4.78 is 15.8. The lowest BCUT2D eigenvalue weighted by atomic mass is 9.87. The number of benzene rings is 2. The molecule has 0 unspecified atom stereocenters. The van der Waals surface area contributed by atoms with Crippen LogP contribution < -0.4 is 14.8 Å². The topological polar surface area (TPSA) is 77.1 Å². The van der Waals surface area contributed by atoms with Crippen LogP contribution in [0, 0.1) is 5.92 Å². The number of ether oxygens (including phenoxy) is 3. The molecule has 1 N–H and O–H groups in total. The van der Waals surface area contributed by atoms with Gasteiger partial charge in [0.1, 0.15) is 18.1 Å². The second-order valence-corrected chi connectivity index (χ2v) is 7.26. The van der Waals surface area contributed by atoms with Crippen LogP contribution in [0.15, 0.2) is 48.5 Å². The molecular weight excluding hydrogens is 384 g/mol. The molecule has 7 heteroatoms. The van der Waals surface area contributed by atoms with Crippen molar-refractivity contribution in [2.75, 3.05) is 41.0 Å². The number of nitrogens with one attached hydrogen (secondary N) is 1. The SMILES string of the molecule is COCC(=O)N1C[C@H](C(=O)NCc2ccccc2)[C@H](c2ccc(OC)cc2OC)C1. The van der Waals surface area contributed by atoms with Crippen molar-refractivity contribution >= 4 is 11.8 Å². The minimum atomic E-state index is -0.392. The molecule has 0 saturated carbocycles. The first-order chi connectivity index (χ1) is 14.6.